The third-order valence-electron chi connectivity index (χ3n) is 4.55. The molecule has 0 atom stereocenters. The predicted molar refractivity (Wildman–Crippen MR) is 110 cm³/mol. The second-order valence-corrected chi connectivity index (χ2v) is 6.99. The van der Waals surface area contributed by atoms with Gasteiger partial charge < -0.3 is 5.32 Å². The highest BCUT2D eigenvalue weighted by Gasteiger charge is 2.09. The van der Waals surface area contributed by atoms with Gasteiger partial charge in [0, 0.05) is 43.7 Å². The second-order valence-electron chi connectivity index (χ2n) is 6.99. The van der Waals surface area contributed by atoms with Crippen molar-refractivity contribution in [1.82, 2.24) is 24.7 Å². The number of pyridine rings is 1. The number of anilines is 1. The average molecular weight is 420 g/mol. The van der Waals surface area contributed by atoms with Gasteiger partial charge in [0.25, 0.3) is 0 Å². The molecule has 0 aliphatic carbocycles. The van der Waals surface area contributed by atoms with Crippen molar-refractivity contribution in [3.05, 3.63) is 89.9 Å². The van der Waals surface area contributed by atoms with Crippen LogP contribution in [0.3, 0.4) is 0 Å². The number of hydrogen-bond acceptors (Lipinski definition) is 5. The topological polar surface area (TPSA) is 85.6 Å². The number of aromatic nitrogens is 5. The molecule has 1 aromatic carbocycles. The molecule has 31 heavy (non-hydrogen) atoms. The average Bonchev–Trinajstić information content (AvgIpc) is 3.16. The Labute approximate surface area is 176 Å². The van der Waals surface area contributed by atoms with E-state index >= 15 is 0 Å². The van der Waals surface area contributed by atoms with E-state index in [2.05, 4.69) is 25.4 Å². The predicted octanol–water partition coefficient (Wildman–Crippen LogP) is 3.32. The lowest BCUT2D eigenvalue weighted by Gasteiger charge is -2.06. The van der Waals surface area contributed by atoms with Crippen LogP contribution in [0.1, 0.15) is 17.0 Å². The van der Waals surface area contributed by atoms with Crippen molar-refractivity contribution in [1.29, 1.82) is 0 Å². The fourth-order valence-corrected chi connectivity index (χ4v) is 3.01. The first-order valence-electron chi connectivity index (χ1n) is 9.45. The summed E-state index contributed by atoms with van der Waals surface area (Å²) in [4.78, 5) is 24.6. The van der Waals surface area contributed by atoms with Crippen LogP contribution in [-0.4, -0.2) is 30.6 Å². The summed E-state index contributed by atoms with van der Waals surface area (Å²) in [5.74, 6) is -1.85. The van der Waals surface area contributed by atoms with Gasteiger partial charge in [-0.25, -0.2) is 23.7 Å². The molecule has 1 amide bonds. The maximum atomic E-state index is 13.2. The number of amides is 1. The van der Waals surface area contributed by atoms with Gasteiger partial charge in [0.1, 0.15) is 11.6 Å². The van der Waals surface area contributed by atoms with Crippen molar-refractivity contribution in [2.75, 3.05) is 5.32 Å². The molecule has 0 aliphatic heterocycles. The van der Waals surface area contributed by atoms with E-state index in [1.54, 1.807) is 23.3 Å². The van der Waals surface area contributed by atoms with Crippen molar-refractivity contribution >= 4 is 11.7 Å². The Morgan fingerprint density at radius 2 is 1.68 bits per heavy atom. The van der Waals surface area contributed by atoms with Gasteiger partial charge in [-0.2, -0.15) is 5.10 Å². The molecule has 0 saturated carbocycles. The van der Waals surface area contributed by atoms with Gasteiger partial charge in [0.05, 0.1) is 18.8 Å². The number of benzene rings is 1. The lowest BCUT2D eigenvalue weighted by atomic mass is 10.0. The normalized spacial score (nSPS) is 10.8. The number of rotatable bonds is 6. The number of nitrogens with one attached hydrogen (secondary N) is 1. The molecule has 0 saturated heterocycles. The van der Waals surface area contributed by atoms with Crippen LogP contribution in [0.4, 0.5) is 14.6 Å². The molecule has 1 N–H and O–H groups in total. The Balaban J connectivity index is 1.37. The van der Waals surface area contributed by atoms with Gasteiger partial charge >= 0.3 is 0 Å². The number of halogens is 2. The Morgan fingerprint density at radius 1 is 0.935 bits per heavy atom. The van der Waals surface area contributed by atoms with E-state index in [0.717, 1.165) is 34.5 Å². The molecule has 0 aliphatic rings. The SMILES string of the molecule is Cn1cc(Cc2ncc(-c3ccc(CC(=O)Nc4cc(F)c(F)cn4)cc3)cn2)cn1. The fraction of sp³-hybridized carbons (Fsp3) is 0.136. The lowest BCUT2D eigenvalue weighted by Crippen LogP contribution is -2.15. The zero-order valence-corrected chi connectivity index (χ0v) is 16.6. The zero-order chi connectivity index (χ0) is 21.8. The minimum atomic E-state index is -1.07. The summed E-state index contributed by atoms with van der Waals surface area (Å²) in [5, 5.41) is 6.58. The van der Waals surface area contributed by atoms with Gasteiger partial charge in [-0.15, -0.1) is 0 Å². The second kappa shape index (κ2) is 8.78. The molecule has 7 nitrogen and oxygen atoms in total. The third-order valence-corrected chi connectivity index (χ3v) is 4.55. The summed E-state index contributed by atoms with van der Waals surface area (Å²) < 4.78 is 27.9. The number of nitrogens with zero attached hydrogens (tertiary/aromatic N) is 5. The first-order chi connectivity index (χ1) is 15.0. The van der Waals surface area contributed by atoms with Crippen LogP contribution in [0, 0.1) is 11.6 Å². The number of aryl methyl sites for hydroxylation is 1. The van der Waals surface area contributed by atoms with E-state index in [1.165, 1.54) is 0 Å². The van der Waals surface area contributed by atoms with Crippen LogP contribution in [-0.2, 0) is 24.7 Å². The number of carbonyl (C=O) groups is 1. The monoisotopic (exact) mass is 420 g/mol. The highest BCUT2D eigenvalue weighted by atomic mass is 19.2. The quantitative estimate of drug-likeness (QED) is 0.517. The summed E-state index contributed by atoms with van der Waals surface area (Å²) in [6, 6.07) is 8.22. The molecular weight excluding hydrogens is 402 g/mol. The zero-order valence-electron chi connectivity index (χ0n) is 16.6. The minimum Gasteiger partial charge on any atom is -0.310 e. The largest absolute Gasteiger partial charge is 0.310 e. The van der Waals surface area contributed by atoms with E-state index in [0.29, 0.717) is 12.2 Å². The van der Waals surface area contributed by atoms with E-state index in [4.69, 9.17) is 0 Å². The van der Waals surface area contributed by atoms with Crippen molar-refractivity contribution < 1.29 is 13.6 Å². The lowest BCUT2D eigenvalue weighted by molar-refractivity contribution is -0.115. The van der Waals surface area contributed by atoms with Crippen LogP contribution in [0.25, 0.3) is 11.1 Å². The van der Waals surface area contributed by atoms with Crippen molar-refractivity contribution in [3.63, 3.8) is 0 Å². The smallest absolute Gasteiger partial charge is 0.229 e. The number of carbonyl (C=O) groups excluding carboxylic acids is 1. The molecule has 3 aromatic heterocycles. The Morgan fingerprint density at radius 3 is 2.32 bits per heavy atom. The van der Waals surface area contributed by atoms with Crippen LogP contribution < -0.4 is 5.32 Å². The molecule has 0 unspecified atom stereocenters. The molecule has 0 radical (unpaired) electrons. The van der Waals surface area contributed by atoms with Crippen molar-refractivity contribution in [3.8, 4) is 11.1 Å². The van der Waals surface area contributed by atoms with Crippen molar-refractivity contribution in [2.45, 2.75) is 12.8 Å². The maximum Gasteiger partial charge on any atom is 0.229 e. The highest BCUT2D eigenvalue weighted by Crippen LogP contribution is 2.19. The standard InChI is InChI=1S/C22H18F2N6O/c1-30-13-15(9-28-30)6-20-25-10-17(11-26-20)16-4-2-14(3-5-16)7-22(31)29-21-8-18(23)19(24)12-27-21/h2-5,8-13H,6-7H2,1H3,(H,27,29,31). The van der Waals surface area contributed by atoms with E-state index in [-0.39, 0.29) is 18.1 Å². The Hall–Kier alpha value is -4.01. The molecule has 156 valence electrons. The Kier molecular flexibility index (Phi) is 5.74. The first-order valence-corrected chi connectivity index (χ1v) is 9.45. The van der Waals surface area contributed by atoms with Crippen LogP contribution >= 0.6 is 0 Å². The summed E-state index contributed by atoms with van der Waals surface area (Å²) in [5.41, 5.74) is 3.57. The number of hydrogen-bond donors (Lipinski definition) is 1. The molecular formula is C22H18F2N6O. The van der Waals surface area contributed by atoms with E-state index in [1.807, 2.05) is 37.5 Å². The van der Waals surface area contributed by atoms with Gasteiger partial charge in [0.2, 0.25) is 5.91 Å². The van der Waals surface area contributed by atoms with Gasteiger partial charge in [-0.05, 0) is 16.7 Å². The molecule has 4 rings (SSSR count). The van der Waals surface area contributed by atoms with Crippen molar-refractivity contribution in [2.24, 2.45) is 7.05 Å². The van der Waals surface area contributed by atoms with Gasteiger partial charge in [0.15, 0.2) is 11.6 Å². The third kappa shape index (κ3) is 5.13. The van der Waals surface area contributed by atoms with Crippen LogP contribution in [0.2, 0.25) is 0 Å². The molecule has 9 heteroatoms. The summed E-state index contributed by atoms with van der Waals surface area (Å²) in [7, 11) is 1.86. The van der Waals surface area contributed by atoms with Gasteiger partial charge in [-0.3, -0.25) is 9.48 Å². The summed E-state index contributed by atoms with van der Waals surface area (Å²) in [6.07, 6.45) is 8.63. The first kappa shape index (κ1) is 20.3. The molecule has 0 fully saturated rings. The molecule has 0 bridgehead atoms. The molecule has 4 aromatic rings. The van der Waals surface area contributed by atoms with Crippen LogP contribution in [0.15, 0.2) is 61.3 Å². The van der Waals surface area contributed by atoms with Crippen LogP contribution in [0.5, 0.6) is 0 Å². The van der Waals surface area contributed by atoms with Gasteiger partial charge in [-0.1, -0.05) is 24.3 Å². The maximum absolute atomic E-state index is 13.2. The fourth-order valence-electron chi connectivity index (χ4n) is 3.01. The van der Waals surface area contributed by atoms with E-state index < -0.39 is 11.6 Å². The van der Waals surface area contributed by atoms with E-state index in [9.17, 15) is 13.6 Å². The molecule has 0 spiro atoms. The summed E-state index contributed by atoms with van der Waals surface area (Å²) in [6.45, 7) is 0. The highest BCUT2D eigenvalue weighted by molar-refractivity contribution is 5.91. The Bertz CT molecular complexity index is 1210. The molecule has 3 heterocycles. The minimum absolute atomic E-state index is 0.0379. The summed E-state index contributed by atoms with van der Waals surface area (Å²) >= 11 is 0.